The lowest BCUT2D eigenvalue weighted by molar-refractivity contribution is -0.139. The zero-order valence-corrected chi connectivity index (χ0v) is 12.7. The van der Waals surface area contributed by atoms with Gasteiger partial charge in [-0.15, -0.1) is 0 Å². The summed E-state index contributed by atoms with van der Waals surface area (Å²) in [5, 5.41) is 22.0. The summed E-state index contributed by atoms with van der Waals surface area (Å²) in [6.45, 7) is 5.90. The fourth-order valence-electron chi connectivity index (χ4n) is 3.03. The maximum atomic E-state index is 11.9. The first-order chi connectivity index (χ1) is 9.12. The molecule has 0 aromatic rings. The van der Waals surface area contributed by atoms with Crippen LogP contribution in [0.25, 0.3) is 0 Å². The Kier molecular flexibility index (Phi) is 5.57. The highest BCUT2D eigenvalue weighted by Crippen LogP contribution is 2.32. The summed E-state index contributed by atoms with van der Waals surface area (Å²) in [5.41, 5.74) is -1.37. The number of aliphatic hydroxyl groups is 1. The summed E-state index contributed by atoms with van der Waals surface area (Å²) < 4.78 is 0. The van der Waals surface area contributed by atoms with Crippen molar-refractivity contribution in [3.05, 3.63) is 0 Å². The van der Waals surface area contributed by atoms with Crippen molar-refractivity contribution in [1.29, 1.82) is 0 Å². The van der Waals surface area contributed by atoms with Gasteiger partial charge in [-0.2, -0.15) is 0 Å². The Morgan fingerprint density at radius 3 is 2.55 bits per heavy atom. The summed E-state index contributed by atoms with van der Waals surface area (Å²) in [6.07, 6.45) is 3.66. The largest absolute Gasteiger partial charge is 0.481 e. The highest BCUT2D eigenvalue weighted by Gasteiger charge is 2.33. The van der Waals surface area contributed by atoms with Crippen LogP contribution in [0, 0.1) is 11.3 Å². The molecule has 0 aromatic heterocycles. The van der Waals surface area contributed by atoms with Crippen LogP contribution in [-0.2, 0) is 9.59 Å². The molecule has 2 atom stereocenters. The van der Waals surface area contributed by atoms with Crippen molar-refractivity contribution >= 4 is 11.9 Å². The summed E-state index contributed by atoms with van der Waals surface area (Å²) in [4.78, 5) is 22.6. The van der Waals surface area contributed by atoms with Crippen LogP contribution in [0.1, 0.15) is 59.3 Å². The third kappa shape index (κ3) is 5.90. The van der Waals surface area contributed by atoms with Gasteiger partial charge < -0.3 is 15.5 Å². The predicted octanol–water partition coefficient (Wildman–Crippen LogP) is 1.93. The van der Waals surface area contributed by atoms with Crippen LogP contribution in [0.2, 0.25) is 0 Å². The van der Waals surface area contributed by atoms with E-state index in [0.29, 0.717) is 12.3 Å². The van der Waals surface area contributed by atoms with Crippen molar-refractivity contribution in [2.75, 3.05) is 6.54 Å². The van der Waals surface area contributed by atoms with Gasteiger partial charge in [-0.3, -0.25) is 9.59 Å². The van der Waals surface area contributed by atoms with Crippen LogP contribution in [0.5, 0.6) is 0 Å². The molecule has 1 rings (SSSR count). The molecule has 1 aliphatic rings. The molecule has 0 saturated heterocycles. The van der Waals surface area contributed by atoms with Crippen molar-refractivity contribution in [3.63, 3.8) is 0 Å². The Morgan fingerprint density at radius 2 is 2.00 bits per heavy atom. The molecule has 0 aliphatic heterocycles. The quantitative estimate of drug-likeness (QED) is 0.696. The minimum absolute atomic E-state index is 0.0400. The average molecular weight is 285 g/mol. The Balaban J connectivity index is 2.41. The van der Waals surface area contributed by atoms with E-state index in [9.17, 15) is 14.7 Å². The molecule has 1 aliphatic carbocycles. The van der Waals surface area contributed by atoms with Crippen LogP contribution < -0.4 is 5.32 Å². The van der Waals surface area contributed by atoms with Gasteiger partial charge in [-0.05, 0) is 24.2 Å². The van der Waals surface area contributed by atoms with E-state index < -0.39 is 17.0 Å². The molecule has 1 saturated carbocycles. The van der Waals surface area contributed by atoms with Crippen LogP contribution in [0.4, 0.5) is 0 Å². The number of nitrogens with one attached hydrogen (secondary N) is 1. The maximum Gasteiger partial charge on any atom is 0.303 e. The van der Waals surface area contributed by atoms with E-state index in [4.69, 9.17) is 5.11 Å². The summed E-state index contributed by atoms with van der Waals surface area (Å²) >= 11 is 0. The fourth-order valence-corrected chi connectivity index (χ4v) is 3.03. The van der Waals surface area contributed by atoms with Gasteiger partial charge in [0.15, 0.2) is 0 Å². The second kappa shape index (κ2) is 6.57. The van der Waals surface area contributed by atoms with Crippen LogP contribution in [0.3, 0.4) is 0 Å². The first-order valence-electron chi connectivity index (χ1n) is 7.33. The van der Waals surface area contributed by atoms with Gasteiger partial charge >= 0.3 is 5.97 Å². The van der Waals surface area contributed by atoms with Crippen molar-refractivity contribution < 1.29 is 19.8 Å². The molecule has 0 heterocycles. The standard InChI is InChI=1S/C15H27NO4/c1-11-5-4-6-15(20,7-11)10-16-12(17)8-14(2,3)9-13(18)19/h11,20H,4-10H2,1-3H3,(H,16,17)(H,18,19). The lowest BCUT2D eigenvalue weighted by Gasteiger charge is -2.36. The van der Waals surface area contributed by atoms with Crippen molar-refractivity contribution in [2.45, 2.75) is 64.9 Å². The average Bonchev–Trinajstić information content (AvgIpc) is 2.23. The normalized spacial score (nSPS) is 27.1. The number of aliphatic carboxylic acids is 1. The van der Waals surface area contributed by atoms with Crippen LogP contribution >= 0.6 is 0 Å². The molecule has 0 spiro atoms. The number of carboxylic acid groups (broad SMARTS) is 1. The number of carboxylic acids is 1. The van der Waals surface area contributed by atoms with Gasteiger partial charge in [-0.25, -0.2) is 0 Å². The van der Waals surface area contributed by atoms with Gasteiger partial charge in [0, 0.05) is 13.0 Å². The Morgan fingerprint density at radius 1 is 1.35 bits per heavy atom. The molecule has 0 bridgehead atoms. The van der Waals surface area contributed by atoms with E-state index in [1.807, 2.05) is 0 Å². The molecule has 0 aromatic carbocycles. The lowest BCUT2D eigenvalue weighted by Crippen LogP contribution is -2.46. The van der Waals surface area contributed by atoms with Crippen LogP contribution in [-0.4, -0.2) is 34.2 Å². The number of hydrogen-bond donors (Lipinski definition) is 3. The SMILES string of the molecule is CC1CCCC(O)(CNC(=O)CC(C)(C)CC(=O)O)C1. The number of amides is 1. The zero-order valence-electron chi connectivity index (χ0n) is 12.7. The zero-order chi connectivity index (χ0) is 15.4. The number of hydrogen-bond acceptors (Lipinski definition) is 3. The Hall–Kier alpha value is -1.10. The second-order valence-electron chi connectivity index (χ2n) is 7.11. The Labute approximate surface area is 120 Å². The number of carbonyl (C=O) groups is 2. The molecular formula is C15H27NO4. The monoisotopic (exact) mass is 285 g/mol. The van der Waals surface area contributed by atoms with E-state index in [1.165, 1.54) is 0 Å². The van der Waals surface area contributed by atoms with Crippen molar-refractivity contribution in [3.8, 4) is 0 Å². The highest BCUT2D eigenvalue weighted by molar-refractivity contribution is 5.78. The molecule has 0 radical (unpaired) electrons. The van der Waals surface area contributed by atoms with E-state index in [1.54, 1.807) is 13.8 Å². The molecule has 20 heavy (non-hydrogen) atoms. The molecule has 2 unspecified atom stereocenters. The minimum Gasteiger partial charge on any atom is -0.481 e. The van der Waals surface area contributed by atoms with E-state index >= 15 is 0 Å². The first-order valence-corrected chi connectivity index (χ1v) is 7.33. The highest BCUT2D eigenvalue weighted by atomic mass is 16.4. The molecule has 3 N–H and O–H groups in total. The molecular weight excluding hydrogens is 258 g/mol. The van der Waals surface area contributed by atoms with Gasteiger partial charge in [0.2, 0.25) is 5.91 Å². The van der Waals surface area contributed by atoms with E-state index in [-0.39, 0.29) is 25.3 Å². The van der Waals surface area contributed by atoms with E-state index in [2.05, 4.69) is 12.2 Å². The molecule has 5 heteroatoms. The van der Waals surface area contributed by atoms with E-state index in [0.717, 1.165) is 19.3 Å². The fraction of sp³-hybridized carbons (Fsp3) is 0.867. The molecule has 5 nitrogen and oxygen atoms in total. The Bertz CT molecular complexity index is 367. The molecule has 1 amide bonds. The van der Waals surface area contributed by atoms with Crippen LogP contribution in [0.15, 0.2) is 0 Å². The van der Waals surface area contributed by atoms with Gasteiger partial charge in [0.1, 0.15) is 0 Å². The van der Waals surface area contributed by atoms with Crippen molar-refractivity contribution in [1.82, 2.24) is 5.32 Å². The summed E-state index contributed by atoms with van der Waals surface area (Å²) in [6, 6.07) is 0. The van der Waals surface area contributed by atoms with Crippen molar-refractivity contribution in [2.24, 2.45) is 11.3 Å². The topological polar surface area (TPSA) is 86.6 Å². The second-order valence-corrected chi connectivity index (χ2v) is 7.11. The first kappa shape index (κ1) is 17.0. The third-order valence-electron chi connectivity index (χ3n) is 3.95. The number of rotatable bonds is 6. The summed E-state index contributed by atoms with van der Waals surface area (Å²) in [5.74, 6) is -0.612. The minimum atomic E-state index is -0.900. The third-order valence-corrected chi connectivity index (χ3v) is 3.95. The van der Waals surface area contributed by atoms with Gasteiger partial charge in [0.05, 0.1) is 12.0 Å². The predicted molar refractivity (Wildman–Crippen MR) is 76.2 cm³/mol. The van der Waals surface area contributed by atoms with Gasteiger partial charge in [0.25, 0.3) is 0 Å². The van der Waals surface area contributed by atoms with Gasteiger partial charge in [-0.1, -0.05) is 33.6 Å². The summed E-state index contributed by atoms with van der Waals surface area (Å²) in [7, 11) is 0. The maximum absolute atomic E-state index is 11.9. The lowest BCUT2D eigenvalue weighted by atomic mass is 9.79. The molecule has 116 valence electrons. The molecule has 1 fully saturated rings. The smallest absolute Gasteiger partial charge is 0.303 e. The number of carbonyl (C=O) groups excluding carboxylic acids is 1.